The number of hydrogen-bond donors (Lipinski definition) is 5. The van der Waals surface area contributed by atoms with E-state index in [4.69, 9.17) is 34.9 Å². The first kappa shape index (κ1) is 39.5. The Morgan fingerprint density at radius 2 is 1.56 bits per heavy atom. The number of hydrogen-bond acceptors (Lipinski definition) is 11. The predicted molar refractivity (Wildman–Crippen MR) is 190 cm³/mol. The van der Waals surface area contributed by atoms with Crippen molar-refractivity contribution in [1.29, 1.82) is 10.8 Å². The molecule has 0 aliphatic rings. The molecule has 270 valence electrons. The summed E-state index contributed by atoms with van der Waals surface area (Å²) in [6, 6.07) is 16.2. The number of rotatable bonds is 24. The third-order valence-corrected chi connectivity index (χ3v) is 7.53. The molecule has 0 saturated carbocycles. The molecule has 14 heteroatoms. The highest BCUT2D eigenvalue weighted by Gasteiger charge is 2.15. The zero-order valence-electron chi connectivity index (χ0n) is 28.9. The van der Waals surface area contributed by atoms with Crippen LogP contribution in [-0.4, -0.2) is 103 Å². The number of carboxylic acid groups (broad SMARTS) is 1. The van der Waals surface area contributed by atoms with Gasteiger partial charge in [0.2, 0.25) is 0 Å². The third kappa shape index (κ3) is 15.1. The quantitative estimate of drug-likeness (QED) is 0.0494. The van der Waals surface area contributed by atoms with E-state index in [0.29, 0.717) is 56.6 Å². The zero-order chi connectivity index (χ0) is 36.0. The predicted octanol–water partition coefficient (Wildman–Crippen LogP) is 4.78. The minimum atomic E-state index is -0.871. The smallest absolute Gasteiger partial charge is 0.305 e. The summed E-state index contributed by atoms with van der Waals surface area (Å²) >= 11 is 0. The van der Waals surface area contributed by atoms with E-state index >= 15 is 0 Å². The highest BCUT2D eigenvalue weighted by atomic mass is 16.5. The molecule has 0 fully saturated rings. The van der Waals surface area contributed by atoms with Crippen LogP contribution in [0.15, 0.2) is 67.1 Å². The van der Waals surface area contributed by atoms with Crippen molar-refractivity contribution in [2.24, 2.45) is 0 Å². The normalized spacial score (nSPS) is 11.4. The van der Waals surface area contributed by atoms with E-state index in [-0.39, 0.29) is 43.2 Å². The molecule has 2 aromatic carbocycles. The number of anilines is 1. The molecule has 14 nitrogen and oxygen atoms in total. The van der Waals surface area contributed by atoms with E-state index in [0.717, 1.165) is 37.0 Å². The van der Waals surface area contributed by atoms with E-state index in [1.807, 2.05) is 37.3 Å². The summed E-state index contributed by atoms with van der Waals surface area (Å²) in [4.78, 5) is 32.8. The third-order valence-electron chi connectivity index (χ3n) is 7.53. The van der Waals surface area contributed by atoms with Gasteiger partial charge in [-0.05, 0) is 68.1 Å². The van der Waals surface area contributed by atoms with Crippen molar-refractivity contribution >= 4 is 29.2 Å². The number of carbonyl (C=O) groups is 2. The van der Waals surface area contributed by atoms with Gasteiger partial charge in [0, 0.05) is 31.1 Å². The fraction of sp³-hybridized carbons (Fsp3) is 0.444. The van der Waals surface area contributed by atoms with E-state index < -0.39 is 5.97 Å². The average molecular weight is 692 g/mol. The van der Waals surface area contributed by atoms with E-state index in [1.54, 1.807) is 37.5 Å². The number of amides is 1. The number of nitrogens with zero attached hydrogens (tertiary/aromatic N) is 3. The minimum absolute atomic E-state index is 0.000271. The SMILES string of the molecule is C[C@@H](NC(=O)c1cccc(NCC(=N)N(C)C(=N)c2ccncn2)c1)c1ccc(OCCCCCCOCCOCCOCCC(=O)O)cc1. The van der Waals surface area contributed by atoms with Crippen LogP contribution >= 0.6 is 0 Å². The summed E-state index contributed by atoms with van der Waals surface area (Å²) in [6.07, 6.45) is 6.92. The summed E-state index contributed by atoms with van der Waals surface area (Å²) in [5, 5.41) is 31.4. The molecular weight excluding hydrogens is 642 g/mol. The maximum atomic E-state index is 13.0. The van der Waals surface area contributed by atoms with Crippen molar-refractivity contribution in [3.8, 4) is 5.75 Å². The van der Waals surface area contributed by atoms with Crippen molar-refractivity contribution in [2.75, 3.05) is 65.2 Å². The molecule has 1 atom stereocenters. The van der Waals surface area contributed by atoms with Crippen LogP contribution in [0.4, 0.5) is 5.69 Å². The van der Waals surface area contributed by atoms with Crippen LogP contribution in [0, 0.1) is 10.8 Å². The second kappa shape index (κ2) is 22.7. The average Bonchev–Trinajstić information content (AvgIpc) is 3.13. The Kier molecular flexibility index (Phi) is 17.9. The molecule has 1 amide bonds. The lowest BCUT2D eigenvalue weighted by Crippen LogP contribution is -2.37. The summed E-state index contributed by atoms with van der Waals surface area (Å²) in [5.41, 5.74) is 2.55. The number of ether oxygens (including phenoxy) is 4. The fourth-order valence-corrected chi connectivity index (χ4v) is 4.58. The van der Waals surface area contributed by atoms with Gasteiger partial charge in [-0.1, -0.05) is 24.6 Å². The molecule has 0 spiro atoms. The molecule has 0 saturated heterocycles. The van der Waals surface area contributed by atoms with E-state index in [9.17, 15) is 9.59 Å². The van der Waals surface area contributed by atoms with E-state index in [2.05, 4.69) is 20.6 Å². The van der Waals surface area contributed by atoms with Crippen LogP contribution in [0.2, 0.25) is 0 Å². The molecule has 0 aliphatic carbocycles. The standard InChI is InChI=1S/C36H49N7O7/c1-27(42-36(46)29-8-7-9-30(24-29)40-25-33(37)43(2)35(38)32-14-16-39-26-41-32)28-10-12-31(13-11-28)50-18-6-4-3-5-17-47-20-22-49-23-21-48-19-15-34(44)45/h7-14,16,24,26-27,37-38,40H,3-6,15,17-23,25H2,1-2H3,(H,42,46)(H,44,45)/t27-/m1/s1. The highest BCUT2D eigenvalue weighted by molar-refractivity contribution is 6.06. The van der Waals surface area contributed by atoms with Gasteiger partial charge in [-0.25, -0.2) is 9.97 Å². The maximum Gasteiger partial charge on any atom is 0.305 e. The van der Waals surface area contributed by atoms with Crippen molar-refractivity contribution < 1.29 is 33.6 Å². The van der Waals surface area contributed by atoms with Gasteiger partial charge in [0.1, 0.15) is 23.6 Å². The van der Waals surface area contributed by atoms with Crippen LogP contribution in [0.1, 0.15) is 66.7 Å². The summed E-state index contributed by atoms with van der Waals surface area (Å²) in [5.74, 6) is -0.0438. The second-order valence-electron chi connectivity index (χ2n) is 11.4. The molecule has 1 heterocycles. The number of aliphatic carboxylic acids is 1. The van der Waals surface area contributed by atoms with Gasteiger partial charge in [-0.2, -0.15) is 0 Å². The van der Waals surface area contributed by atoms with Gasteiger partial charge in [-0.3, -0.25) is 20.4 Å². The lowest BCUT2D eigenvalue weighted by molar-refractivity contribution is -0.138. The van der Waals surface area contributed by atoms with Crippen molar-refractivity contribution in [3.05, 3.63) is 83.9 Å². The van der Waals surface area contributed by atoms with Crippen LogP contribution in [0.25, 0.3) is 0 Å². The number of unbranched alkanes of at least 4 members (excludes halogenated alkanes) is 3. The second-order valence-corrected chi connectivity index (χ2v) is 11.4. The lowest BCUT2D eigenvalue weighted by Gasteiger charge is -2.21. The molecule has 0 aliphatic heterocycles. The maximum absolute atomic E-state index is 13.0. The van der Waals surface area contributed by atoms with Crippen LogP contribution in [-0.2, 0) is 19.0 Å². The molecule has 0 radical (unpaired) electrons. The Hall–Kier alpha value is -4.92. The van der Waals surface area contributed by atoms with Gasteiger partial charge in [0.15, 0.2) is 5.84 Å². The van der Waals surface area contributed by atoms with Gasteiger partial charge in [-0.15, -0.1) is 0 Å². The Bertz CT molecular complexity index is 1480. The highest BCUT2D eigenvalue weighted by Crippen LogP contribution is 2.19. The number of carbonyl (C=O) groups excluding carboxylic acids is 1. The fourth-order valence-electron chi connectivity index (χ4n) is 4.58. The molecule has 3 rings (SSSR count). The van der Waals surface area contributed by atoms with Gasteiger partial charge in [0.05, 0.1) is 58.6 Å². The Morgan fingerprint density at radius 1 is 0.880 bits per heavy atom. The first-order valence-electron chi connectivity index (χ1n) is 16.7. The molecule has 1 aromatic heterocycles. The molecule has 0 unspecified atom stereocenters. The molecule has 0 bridgehead atoms. The lowest BCUT2D eigenvalue weighted by atomic mass is 10.1. The van der Waals surface area contributed by atoms with Crippen LogP contribution in [0.5, 0.6) is 5.75 Å². The van der Waals surface area contributed by atoms with Crippen molar-refractivity contribution in [3.63, 3.8) is 0 Å². The van der Waals surface area contributed by atoms with Crippen molar-refractivity contribution in [1.82, 2.24) is 20.2 Å². The molecule has 5 N–H and O–H groups in total. The Balaban J connectivity index is 1.26. The van der Waals surface area contributed by atoms with Crippen LogP contribution < -0.4 is 15.4 Å². The monoisotopic (exact) mass is 691 g/mol. The first-order valence-corrected chi connectivity index (χ1v) is 16.7. The van der Waals surface area contributed by atoms with Gasteiger partial charge < -0.3 is 39.6 Å². The number of aromatic nitrogens is 2. The summed E-state index contributed by atoms with van der Waals surface area (Å²) in [7, 11) is 1.64. The summed E-state index contributed by atoms with van der Waals surface area (Å²) < 4.78 is 22.0. The van der Waals surface area contributed by atoms with E-state index in [1.165, 1.54) is 11.2 Å². The number of likely N-dealkylation sites (N-methyl/N-ethyl adjacent to an activating group) is 1. The largest absolute Gasteiger partial charge is 0.494 e. The number of amidine groups is 2. The molecule has 3 aromatic rings. The van der Waals surface area contributed by atoms with Gasteiger partial charge >= 0.3 is 5.97 Å². The Morgan fingerprint density at radius 3 is 2.24 bits per heavy atom. The first-order chi connectivity index (χ1) is 24.2. The minimum Gasteiger partial charge on any atom is -0.494 e. The number of benzene rings is 2. The van der Waals surface area contributed by atoms with Crippen molar-refractivity contribution in [2.45, 2.75) is 45.1 Å². The number of nitrogens with one attached hydrogen (secondary N) is 4. The molecule has 50 heavy (non-hydrogen) atoms. The number of carboxylic acids is 1. The van der Waals surface area contributed by atoms with Crippen LogP contribution in [0.3, 0.4) is 0 Å². The molecular formula is C36H49N7O7. The zero-order valence-corrected chi connectivity index (χ0v) is 28.9. The van der Waals surface area contributed by atoms with Gasteiger partial charge in [0.25, 0.3) is 5.91 Å². The topological polar surface area (TPSA) is 192 Å². The Labute approximate surface area is 293 Å². The summed E-state index contributed by atoms with van der Waals surface area (Å²) in [6.45, 7) is 5.40.